The van der Waals surface area contributed by atoms with Gasteiger partial charge in [0.1, 0.15) is 0 Å². The van der Waals surface area contributed by atoms with Gasteiger partial charge in [-0.2, -0.15) is 5.26 Å². The summed E-state index contributed by atoms with van der Waals surface area (Å²) in [5, 5.41) is 9.93. The minimum absolute atomic E-state index is 0.570. The third-order valence-corrected chi connectivity index (χ3v) is 3.20. The van der Waals surface area contributed by atoms with E-state index in [1.54, 1.807) is 0 Å². The van der Waals surface area contributed by atoms with Crippen molar-refractivity contribution in [3.63, 3.8) is 0 Å². The Kier molecular flexibility index (Phi) is 5.09. The first-order valence-corrected chi connectivity index (χ1v) is 7.13. The maximum atomic E-state index is 8.76. The second kappa shape index (κ2) is 7.02. The summed E-state index contributed by atoms with van der Waals surface area (Å²) in [5.74, 6) is 0.592. The summed E-state index contributed by atoms with van der Waals surface area (Å²) >= 11 is 0. The average molecular weight is 267 g/mol. The quantitative estimate of drug-likeness (QED) is 0.802. The Balaban J connectivity index is 2.12. The van der Waals surface area contributed by atoms with Crippen molar-refractivity contribution in [2.24, 2.45) is 5.92 Å². The Hall–Kier alpha value is -1.92. The molecule has 0 aliphatic rings. The molecule has 1 aromatic heterocycles. The molecule has 3 heteroatoms. The molecule has 0 atom stereocenters. The van der Waals surface area contributed by atoms with Crippen molar-refractivity contribution in [2.45, 2.75) is 26.8 Å². The van der Waals surface area contributed by atoms with Gasteiger partial charge >= 0.3 is 0 Å². The highest BCUT2D eigenvalue weighted by atomic mass is 15.1. The Morgan fingerprint density at radius 3 is 2.75 bits per heavy atom. The molecule has 0 radical (unpaired) electrons. The molecule has 0 aliphatic heterocycles. The van der Waals surface area contributed by atoms with Crippen LogP contribution in [0.1, 0.15) is 26.0 Å². The van der Waals surface area contributed by atoms with Gasteiger partial charge in [0.2, 0.25) is 0 Å². The van der Waals surface area contributed by atoms with Crippen LogP contribution in [0.4, 0.5) is 0 Å². The third-order valence-electron chi connectivity index (χ3n) is 3.20. The maximum absolute atomic E-state index is 8.76. The lowest BCUT2D eigenvalue weighted by molar-refractivity contribution is 0.239. The molecule has 104 valence electrons. The van der Waals surface area contributed by atoms with E-state index in [4.69, 9.17) is 10.2 Å². The van der Waals surface area contributed by atoms with Crippen molar-refractivity contribution in [3.05, 3.63) is 42.1 Å². The van der Waals surface area contributed by atoms with Crippen molar-refractivity contribution in [1.29, 1.82) is 5.26 Å². The summed E-state index contributed by atoms with van der Waals surface area (Å²) in [6, 6.07) is 14.6. The molecule has 0 spiro atoms. The zero-order chi connectivity index (χ0) is 14.4. The van der Waals surface area contributed by atoms with Crippen LogP contribution in [-0.4, -0.2) is 23.0 Å². The van der Waals surface area contributed by atoms with Crippen molar-refractivity contribution in [3.8, 4) is 6.07 Å². The van der Waals surface area contributed by atoms with Crippen LogP contribution in [0.25, 0.3) is 10.9 Å². The molecule has 0 bridgehead atoms. The largest absolute Gasteiger partial charge is 0.296 e. The molecule has 2 rings (SSSR count). The van der Waals surface area contributed by atoms with Gasteiger partial charge in [0, 0.05) is 31.4 Å². The fraction of sp³-hybridized carbons (Fsp3) is 0.412. The lowest BCUT2D eigenvalue weighted by Crippen LogP contribution is -2.28. The number of hydrogen-bond acceptors (Lipinski definition) is 3. The van der Waals surface area contributed by atoms with Gasteiger partial charge in [-0.25, -0.2) is 0 Å². The first-order chi connectivity index (χ1) is 9.69. The molecule has 0 N–H and O–H groups in total. The van der Waals surface area contributed by atoms with Crippen molar-refractivity contribution in [2.75, 3.05) is 13.1 Å². The van der Waals surface area contributed by atoms with Crippen LogP contribution >= 0.6 is 0 Å². The van der Waals surface area contributed by atoms with Crippen LogP contribution in [0.3, 0.4) is 0 Å². The van der Waals surface area contributed by atoms with Crippen molar-refractivity contribution < 1.29 is 0 Å². The number of pyridine rings is 1. The van der Waals surface area contributed by atoms with Gasteiger partial charge in [-0.15, -0.1) is 0 Å². The SMILES string of the molecule is CC(C)CN(CCC#N)Cc1ccc2ccccc2n1. The lowest BCUT2D eigenvalue weighted by Gasteiger charge is -2.22. The molecule has 1 aromatic carbocycles. The van der Waals surface area contributed by atoms with E-state index in [1.165, 1.54) is 5.39 Å². The van der Waals surface area contributed by atoms with Gasteiger partial charge in [0.15, 0.2) is 0 Å². The highest BCUT2D eigenvalue weighted by Crippen LogP contribution is 2.13. The van der Waals surface area contributed by atoms with E-state index in [1.807, 2.05) is 18.2 Å². The van der Waals surface area contributed by atoms with Crippen molar-refractivity contribution >= 4 is 10.9 Å². The van der Waals surface area contributed by atoms with Crippen molar-refractivity contribution in [1.82, 2.24) is 9.88 Å². The summed E-state index contributed by atoms with van der Waals surface area (Å²) in [6.07, 6.45) is 0.570. The molecule has 2 aromatic rings. The number of para-hydroxylation sites is 1. The minimum Gasteiger partial charge on any atom is -0.296 e. The Morgan fingerprint density at radius 2 is 2.00 bits per heavy atom. The van der Waals surface area contributed by atoms with Gasteiger partial charge in [-0.1, -0.05) is 38.1 Å². The van der Waals surface area contributed by atoms with Gasteiger partial charge in [0.05, 0.1) is 17.3 Å². The summed E-state index contributed by atoms with van der Waals surface area (Å²) in [7, 11) is 0. The third kappa shape index (κ3) is 4.04. The Bertz CT molecular complexity index is 598. The fourth-order valence-electron chi connectivity index (χ4n) is 2.38. The molecule has 3 nitrogen and oxygen atoms in total. The van der Waals surface area contributed by atoms with E-state index in [2.05, 4.69) is 43.0 Å². The van der Waals surface area contributed by atoms with E-state index < -0.39 is 0 Å². The van der Waals surface area contributed by atoms with E-state index in [0.717, 1.165) is 30.8 Å². The highest BCUT2D eigenvalue weighted by Gasteiger charge is 2.09. The molecule has 0 saturated carbocycles. The number of fused-ring (bicyclic) bond motifs is 1. The van der Waals surface area contributed by atoms with E-state index >= 15 is 0 Å². The number of rotatable bonds is 6. The maximum Gasteiger partial charge on any atom is 0.0705 e. The van der Waals surface area contributed by atoms with Crippen LogP contribution in [0.5, 0.6) is 0 Å². The molecule has 0 amide bonds. The number of benzene rings is 1. The van der Waals surface area contributed by atoms with Gasteiger partial charge in [0.25, 0.3) is 0 Å². The first-order valence-electron chi connectivity index (χ1n) is 7.13. The molecular formula is C17H21N3. The number of nitriles is 1. The molecule has 0 fully saturated rings. The lowest BCUT2D eigenvalue weighted by atomic mass is 10.1. The minimum atomic E-state index is 0.570. The number of nitrogens with zero attached hydrogens (tertiary/aromatic N) is 3. The zero-order valence-electron chi connectivity index (χ0n) is 12.2. The monoisotopic (exact) mass is 267 g/mol. The van der Waals surface area contributed by atoms with E-state index in [0.29, 0.717) is 12.3 Å². The Labute approximate surface area is 120 Å². The van der Waals surface area contributed by atoms with Gasteiger partial charge in [-0.05, 0) is 18.1 Å². The fourth-order valence-corrected chi connectivity index (χ4v) is 2.38. The molecule has 1 heterocycles. The van der Waals surface area contributed by atoms with Crippen LogP contribution in [-0.2, 0) is 6.54 Å². The first kappa shape index (κ1) is 14.5. The molecule has 0 saturated heterocycles. The number of aromatic nitrogens is 1. The standard InChI is InChI=1S/C17H21N3/c1-14(2)12-20(11-5-10-18)13-16-9-8-15-6-3-4-7-17(15)19-16/h3-4,6-9,14H,5,11-13H2,1-2H3. The normalized spacial score (nSPS) is 11.2. The summed E-state index contributed by atoms with van der Waals surface area (Å²) < 4.78 is 0. The van der Waals surface area contributed by atoms with Crippen LogP contribution in [0.15, 0.2) is 36.4 Å². The van der Waals surface area contributed by atoms with Gasteiger partial charge < -0.3 is 0 Å². The Morgan fingerprint density at radius 1 is 1.20 bits per heavy atom. The predicted octanol–water partition coefficient (Wildman–Crippen LogP) is 3.61. The second-order valence-electron chi connectivity index (χ2n) is 5.53. The average Bonchev–Trinajstić information content (AvgIpc) is 2.44. The van der Waals surface area contributed by atoms with Crippen LogP contribution in [0.2, 0.25) is 0 Å². The summed E-state index contributed by atoms with van der Waals surface area (Å²) in [6.45, 7) is 7.02. The molecule has 0 unspecified atom stereocenters. The topological polar surface area (TPSA) is 39.9 Å². The van der Waals surface area contributed by atoms with E-state index in [9.17, 15) is 0 Å². The smallest absolute Gasteiger partial charge is 0.0705 e. The van der Waals surface area contributed by atoms with Crippen LogP contribution < -0.4 is 0 Å². The molecular weight excluding hydrogens is 246 g/mol. The van der Waals surface area contributed by atoms with E-state index in [-0.39, 0.29) is 0 Å². The highest BCUT2D eigenvalue weighted by molar-refractivity contribution is 5.78. The number of hydrogen-bond donors (Lipinski definition) is 0. The summed E-state index contributed by atoms with van der Waals surface area (Å²) in [5.41, 5.74) is 2.11. The second-order valence-corrected chi connectivity index (χ2v) is 5.53. The predicted molar refractivity (Wildman–Crippen MR) is 82.1 cm³/mol. The molecule has 20 heavy (non-hydrogen) atoms. The molecule has 0 aliphatic carbocycles. The van der Waals surface area contributed by atoms with Crippen LogP contribution in [0, 0.1) is 17.2 Å². The zero-order valence-corrected chi connectivity index (χ0v) is 12.2. The summed E-state index contributed by atoms with van der Waals surface area (Å²) in [4.78, 5) is 7.02. The van der Waals surface area contributed by atoms with Gasteiger partial charge in [-0.3, -0.25) is 9.88 Å².